The summed E-state index contributed by atoms with van der Waals surface area (Å²) in [7, 11) is 1.49. The van der Waals surface area contributed by atoms with Gasteiger partial charge in [-0.1, -0.05) is 11.6 Å². The molecule has 2 saturated heterocycles. The number of hydrogen-bond donors (Lipinski definition) is 7. The molecule has 256 valence electrons. The highest BCUT2D eigenvalue weighted by atomic mass is 16.8. The predicted molar refractivity (Wildman–Crippen MR) is 163 cm³/mol. The first kappa shape index (κ1) is 34.6. The third kappa shape index (κ3) is 7.08. The van der Waals surface area contributed by atoms with E-state index in [2.05, 4.69) is 5.48 Å². The van der Waals surface area contributed by atoms with E-state index in [1.165, 1.54) is 21.0 Å². The number of rotatable bonds is 8. The van der Waals surface area contributed by atoms with Gasteiger partial charge < -0.3 is 58.7 Å². The van der Waals surface area contributed by atoms with Gasteiger partial charge in [0.05, 0.1) is 13.2 Å². The smallest absolute Gasteiger partial charge is 0.242 e. The Kier molecular flexibility index (Phi) is 10.4. The molecule has 2 aliphatic rings. The van der Waals surface area contributed by atoms with E-state index >= 15 is 0 Å². The van der Waals surface area contributed by atoms with Crippen LogP contribution in [0, 0.1) is 0 Å². The summed E-state index contributed by atoms with van der Waals surface area (Å²) in [5, 5.41) is 62.7. The molecular formula is C32H39NO14. The second kappa shape index (κ2) is 14.1. The van der Waals surface area contributed by atoms with Crippen LogP contribution >= 0.6 is 0 Å². The van der Waals surface area contributed by atoms with Crippen LogP contribution in [-0.4, -0.2) is 93.4 Å². The van der Waals surface area contributed by atoms with E-state index in [-0.39, 0.29) is 34.5 Å². The van der Waals surface area contributed by atoms with Crippen molar-refractivity contribution in [2.45, 2.75) is 89.7 Å². The number of phenolic OH excluding ortho intramolecular Hbond substituents is 1. The number of aliphatic hydroxyl groups is 5. The standard InChI is InChI=1S/C32H39NO14/c1-13(2)6-11-18-20(44-32-29(39)33-47-30(40)15(4)43-32)12-19(34)21-23(36)28(46-31-25(38)24(37)22(35)14(3)42-31)26(45-27(18)21)16-7-9-17(41-5)10-8-16/h6-10,12,14-15,22,24-25,29-35,37-40H,11H2,1-5H3. The average Bonchev–Trinajstić information content (AvgIpc) is 3.16. The van der Waals surface area contributed by atoms with E-state index in [4.69, 9.17) is 32.9 Å². The van der Waals surface area contributed by atoms with E-state index < -0.39 is 72.5 Å². The summed E-state index contributed by atoms with van der Waals surface area (Å²) in [5.41, 5.74) is 2.84. The van der Waals surface area contributed by atoms with Crippen LogP contribution in [0.5, 0.6) is 23.0 Å². The minimum atomic E-state index is -1.75. The number of allylic oxidation sites excluding steroid dienone is 2. The Morgan fingerprint density at radius 2 is 1.62 bits per heavy atom. The quantitative estimate of drug-likeness (QED) is 0.169. The van der Waals surface area contributed by atoms with Crippen molar-refractivity contribution >= 4 is 11.0 Å². The summed E-state index contributed by atoms with van der Waals surface area (Å²) in [4.78, 5) is 19.2. The van der Waals surface area contributed by atoms with Crippen LogP contribution in [0.3, 0.4) is 0 Å². The molecule has 1 aromatic heterocycles. The van der Waals surface area contributed by atoms with Gasteiger partial charge in [0.15, 0.2) is 12.0 Å². The van der Waals surface area contributed by atoms with Crippen molar-refractivity contribution in [3.05, 3.63) is 57.8 Å². The summed E-state index contributed by atoms with van der Waals surface area (Å²) in [6.07, 6.45) is -10.8. The molecular weight excluding hydrogens is 622 g/mol. The Hall–Kier alpha value is -3.77. The zero-order valence-electron chi connectivity index (χ0n) is 26.3. The topological polar surface area (TPSA) is 219 Å². The molecule has 15 heteroatoms. The van der Waals surface area contributed by atoms with Gasteiger partial charge in [0, 0.05) is 17.2 Å². The van der Waals surface area contributed by atoms with Gasteiger partial charge in [0.1, 0.15) is 52.6 Å². The molecule has 0 aliphatic carbocycles. The highest BCUT2D eigenvalue weighted by Gasteiger charge is 2.44. The van der Waals surface area contributed by atoms with Crippen molar-refractivity contribution in [3.63, 3.8) is 0 Å². The molecule has 15 nitrogen and oxygen atoms in total. The van der Waals surface area contributed by atoms with Crippen LogP contribution < -0.4 is 25.1 Å². The zero-order valence-corrected chi connectivity index (χ0v) is 26.3. The summed E-state index contributed by atoms with van der Waals surface area (Å²) in [5.74, 6) is -0.664. The van der Waals surface area contributed by atoms with Crippen molar-refractivity contribution in [2.75, 3.05) is 7.11 Å². The first-order chi connectivity index (χ1) is 22.3. The number of aliphatic hydroxyl groups excluding tert-OH is 5. The molecule has 3 heterocycles. The fraction of sp³-hybridized carbons (Fsp3) is 0.469. The molecule has 9 atom stereocenters. The molecule has 2 aliphatic heterocycles. The minimum absolute atomic E-state index is 0.0172. The van der Waals surface area contributed by atoms with Crippen LogP contribution in [0.1, 0.15) is 33.3 Å². The Morgan fingerprint density at radius 1 is 0.936 bits per heavy atom. The van der Waals surface area contributed by atoms with Crippen molar-refractivity contribution in [2.24, 2.45) is 0 Å². The first-order valence-electron chi connectivity index (χ1n) is 14.9. The fourth-order valence-electron chi connectivity index (χ4n) is 5.09. The fourth-order valence-corrected chi connectivity index (χ4v) is 5.09. The maximum absolute atomic E-state index is 14.2. The third-order valence-corrected chi connectivity index (χ3v) is 7.84. The highest BCUT2D eigenvalue weighted by molar-refractivity contribution is 5.91. The number of nitrogens with one attached hydrogen (secondary N) is 1. The van der Waals surface area contributed by atoms with Crippen molar-refractivity contribution in [3.8, 4) is 34.3 Å². The number of fused-ring (bicyclic) bond motifs is 1. The molecule has 2 fully saturated rings. The lowest BCUT2D eigenvalue weighted by molar-refractivity contribution is -0.268. The van der Waals surface area contributed by atoms with Gasteiger partial charge in [-0.3, -0.25) is 9.63 Å². The summed E-state index contributed by atoms with van der Waals surface area (Å²) < 4.78 is 34.8. The number of ether oxygens (including phenoxy) is 5. The van der Waals surface area contributed by atoms with Crippen molar-refractivity contribution in [1.29, 1.82) is 0 Å². The maximum Gasteiger partial charge on any atom is 0.242 e. The molecule has 47 heavy (non-hydrogen) atoms. The van der Waals surface area contributed by atoms with Crippen molar-refractivity contribution < 1.29 is 63.6 Å². The molecule has 0 bridgehead atoms. The molecule has 0 radical (unpaired) electrons. The number of aromatic hydroxyl groups is 1. The summed E-state index contributed by atoms with van der Waals surface area (Å²) >= 11 is 0. The number of hydrogen-bond acceptors (Lipinski definition) is 15. The van der Waals surface area contributed by atoms with Gasteiger partial charge in [-0.2, -0.15) is 5.48 Å². The highest BCUT2D eigenvalue weighted by Crippen LogP contribution is 2.41. The monoisotopic (exact) mass is 661 g/mol. The van der Waals surface area contributed by atoms with E-state index in [1.807, 2.05) is 19.9 Å². The Balaban J connectivity index is 1.71. The van der Waals surface area contributed by atoms with Crippen LogP contribution in [0.25, 0.3) is 22.3 Å². The predicted octanol–water partition coefficient (Wildman–Crippen LogP) is 1.17. The second-order valence-corrected chi connectivity index (χ2v) is 11.6. The van der Waals surface area contributed by atoms with Gasteiger partial charge in [-0.25, -0.2) is 0 Å². The van der Waals surface area contributed by atoms with E-state index in [0.29, 0.717) is 11.3 Å². The molecule has 2 aromatic carbocycles. The molecule has 5 rings (SSSR count). The Bertz CT molecular complexity index is 1650. The van der Waals surface area contributed by atoms with E-state index in [0.717, 1.165) is 11.6 Å². The summed E-state index contributed by atoms with van der Waals surface area (Å²) in [6.45, 7) is 6.68. The number of methoxy groups -OCH3 is 1. The van der Waals surface area contributed by atoms with E-state index in [9.17, 15) is 35.4 Å². The molecule has 0 amide bonds. The lowest BCUT2D eigenvalue weighted by atomic mass is 10.00. The Morgan fingerprint density at radius 3 is 2.28 bits per heavy atom. The van der Waals surface area contributed by atoms with E-state index in [1.54, 1.807) is 24.3 Å². The molecule has 0 spiro atoms. The minimum Gasteiger partial charge on any atom is -0.507 e. The van der Waals surface area contributed by atoms with Gasteiger partial charge in [-0.15, -0.1) is 0 Å². The van der Waals surface area contributed by atoms with Gasteiger partial charge in [0.2, 0.25) is 30.0 Å². The normalized spacial score (nSPS) is 29.6. The molecule has 3 aromatic rings. The Labute approximate surface area is 269 Å². The lowest BCUT2D eigenvalue weighted by Gasteiger charge is -2.38. The number of benzene rings is 2. The van der Waals surface area contributed by atoms with Gasteiger partial charge >= 0.3 is 0 Å². The SMILES string of the molecule is COc1ccc(-c2oc3c(CC=C(C)C)c(OC4OC(C)C(O)ONC4O)cc(O)c3c(=O)c2OC2OC(C)C(O)C(O)C2O)cc1. The molecule has 7 N–H and O–H groups in total. The van der Waals surface area contributed by atoms with Gasteiger partial charge in [0.25, 0.3) is 0 Å². The average molecular weight is 662 g/mol. The van der Waals surface area contributed by atoms with Crippen LogP contribution in [0.15, 0.2) is 51.2 Å². The van der Waals surface area contributed by atoms with Crippen LogP contribution in [0.2, 0.25) is 0 Å². The summed E-state index contributed by atoms with van der Waals surface area (Å²) in [6, 6.07) is 7.59. The maximum atomic E-state index is 14.2. The van der Waals surface area contributed by atoms with Crippen LogP contribution in [0.4, 0.5) is 0 Å². The first-order valence-corrected chi connectivity index (χ1v) is 14.9. The van der Waals surface area contributed by atoms with Gasteiger partial charge in [-0.05, 0) is 58.4 Å². The van der Waals surface area contributed by atoms with Crippen LogP contribution in [-0.2, 0) is 20.7 Å². The van der Waals surface area contributed by atoms with Crippen molar-refractivity contribution in [1.82, 2.24) is 5.48 Å². The zero-order chi connectivity index (χ0) is 34.2. The second-order valence-electron chi connectivity index (χ2n) is 11.6. The number of hydroxylamine groups is 1. The molecule has 9 unspecified atom stereocenters. The third-order valence-electron chi connectivity index (χ3n) is 7.84. The number of phenols is 1. The largest absolute Gasteiger partial charge is 0.507 e. The lowest BCUT2D eigenvalue weighted by Crippen LogP contribution is -2.58. The molecule has 0 saturated carbocycles.